The van der Waals surface area contributed by atoms with Gasteiger partial charge in [0.25, 0.3) is 0 Å². The highest BCUT2D eigenvalue weighted by molar-refractivity contribution is 7.33. The molecule has 42 heteroatoms. The molecule has 756 valence electrons. The molecule has 1 aliphatic carbocycles. The van der Waals surface area contributed by atoms with Crippen LogP contribution in [0.5, 0.6) is 0 Å². The molecule has 1 saturated carbocycles. The SMILES string of the molecule is CCC#CO[P+](=O)OCCCC1CCCC(C(=N)CCC/C=C/COCCOCCC(=O)N2CCC(C(=O)NC(COCCC(=O)NCCCCCCOC3OC(CO)C(O)C(O)C3NC(C)=O)(COCCC(=O)NCCCCCCOC3OC(CO)C(O)C(O)C3NC(C)=O)COCCC(=O)NCCCCCCOC3OC(CO)C(O)C(O)C3NC(C)=O)CC2)/C(=C(/C)N)CC1. The van der Waals surface area contributed by atoms with Gasteiger partial charge >= 0.3 is 8.25 Å². The molecule has 19 N–H and O–H groups in total. The number of carbonyl (C=O) groups excluding carboxylic acids is 8. The van der Waals surface area contributed by atoms with Crippen LogP contribution < -0.4 is 43.0 Å². The van der Waals surface area contributed by atoms with Crippen LogP contribution in [0.2, 0.25) is 0 Å². The van der Waals surface area contributed by atoms with E-state index in [-0.39, 0.29) is 147 Å². The van der Waals surface area contributed by atoms with Crippen LogP contribution in [-0.4, -0.2) is 346 Å². The minimum Gasteiger partial charge on any atom is -0.402 e. The van der Waals surface area contributed by atoms with E-state index >= 15 is 0 Å². The fourth-order valence-corrected chi connectivity index (χ4v) is 16.6. The molecule has 41 nitrogen and oxygen atoms in total. The second-order valence-electron chi connectivity index (χ2n) is 34.4. The van der Waals surface area contributed by atoms with Gasteiger partial charge in [-0.3, -0.25) is 38.4 Å². The number of allylic oxidation sites excluding steroid dienone is 3. The highest BCUT2D eigenvalue weighted by Gasteiger charge is 2.49. The van der Waals surface area contributed by atoms with Crippen molar-refractivity contribution in [3.8, 4) is 12.0 Å². The molecular formula is C90H156N10O31P+. The van der Waals surface area contributed by atoms with Gasteiger partial charge in [0.1, 0.15) is 85.2 Å². The molecule has 0 radical (unpaired) electrons. The van der Waals surface area contributed by atoms with Crippen molar-refractivity contribution in [2.45, 2.75) is 318 Å². The number of aliphatic hydroxyl groups is 9. The van der Waals surface area contributed by atoms with Gasteiger partial charge in [0.2, 0.25) is 47.3 Å². The third kappa shape index (κ3) is 45.5. The van der Waals surface area contributed by atoms with E-state index in [1.54, 1.807) is 4.90 Å². The topological polar surface area (TPSA) is 593 Å². The number of piperidine rings is 1. The largest absolute Gasteiger partial charge is 0.759 e. The molecule has 5 aliphatic rings. The molecule has 18 unspecified atom stereocenters. The predicted octanol–water partition coefficient (Wildman–Crippen LogP) is 1.65. The first-order valence-corrected chi connectivity index (χ1v) is 48.4. The summed E-state index contributed by atoms with van der Waals surface area (Å²) in [6, 6.07) is -3.21. The summed E-state index contributed by atoms with van der Waals surface area (Å²) in [6.07, 6.45) is 8.40. The molecule has 4 aliphatic heterocycles. The van der Waals surface area contributed by atoms with Gasteiger partial charge in [-0.1, -0.05) is 76.4 Å². The number of amides is 8. The van der Waals surface area contributed by atoms with Crippen molar-refractivity contribution >= 4 is 61.2 Å². The second-order valence-corrected chi connectivity index (χ2v) is 35.3. The lowest BCUT2D eigenvalue weighted by molar-refractivity contribution is -0.270. The summed E-state index contributed by atoms with van der Waals surface area (Å²) in [7, 11) is -2.25. The molecule has 4 heterocycles. The molecule has 5 fully saturated rings. The van der Waals surface area contributed by atoms with Gasteiger partial charge in [-0.15, -0.1) is 4.52 Å². The Hall–Kier alpha value is -6.67. The Balaban J connectivity index is 1.13. The smallest absolute Gasteiger partial charge is 0.402 e. The van der Waals surface area contributed by atoms with Gasteiger partial charge in [0.05, 0.1) is 92.3 Å². The number of ether oxygens (including phenoxy) is 11. The second kappa shape index (κ2) is 67.5. The van der Waals surface area contributed by atoms with Crippen LogP contribution in [0.3, 0.4) is 0 Å². The van der Waals surface area contributed by atoms with Crippen molar-refractivity contribution in [1.82, 2.24) is 42.1 Å². The van der Waals surface area contributed by atoms with Crippen LogP contribution in [0.15, 0.2) is 23.4 Å². The summed E-state index contributed by atoms with van der Waals surface area (Å²) < 4.78 is 86.7. The van der Waals surface area contributed by atoms with Gasteiger partial charge in [-0.25, -0.2) is 0 Å². The normalized spacial score (nSPS) is 25.7. The summed E-state index contributed by atoms with van der Waals surface area (Å²) in [5.74, 6) is -0.253. The summed E-state index contributed by atoms with van der Waals surface area (Å²) >= 11 is 0. The van der Waals surface area contributed by atoms with Gasteiger partial charge in [-0.2, -0.15) is 4.52 Å². The number of hydrogen-bond acceptors (Lipinski definition) is 33. The highest BCUT2D eigenvalue weighted by Crippen LogP contribution is 2.36. The zero-order valence-electron chi connectivity index (χ0n) is 78.1. The van der Waals surface area contributed by atoms with Crippen molar-refractivity contribution in [3.63, 3.8) is 0 Å². The Kier molecular flexibility index (Phi) is 59.3. The molecule has 0 aromatic carbocycles. The Morgan fingerprint density at radius 3 is 1.39 bits per heavy atom. The maximum atomic E-state index is 14.7. The molecule has 0 aromatic heterocycles. The van der Waals surface area contributed by atoms with Crippen molar-refractivity contribution in [2.24, 2.45) is 23.5 Å². The Morgan fingerprint density at radius 1 is 0.515 bits per heavy atom. The third-order valence-electron chi connectivity index (χ3n) is 23.6. The lowest BCUT2D eigenvalue weighted by atomic mass is 9.77. The first-order chi connectivity index (χ1) is 63.5. The Bertz CT molecular complexity index is 3280. The number of rotatable bonds is 66. The van der Waals surface area contributed by atoms with Gasteiger partial charge in [0, 0.05) is 127 Å². The van der Waals surface area contributed by atoms with Crippen molar-refractivity contribution in [1.29, 1.82) is 5.41 Å². The number of nitrogens with zero attached hydrogens (tertiary/aromatic N) is 1. The lowest BCUT2D eigenvalue weighted by Gasteiger charge is -2.42. The fourth-order valence-electron chi connectivity index (χ4n) is 16.2. The zero-order valence-corrected chi connectivity index (χ0v) is 79.0. The first-order valence-electron chi connectivity index (χ1n) is 47.3. The molecule has 8 amide bonds. The Labute approximate surface area is 777 Å². The van der Waals surface area contributed by atoms with E-state index in [0.29, 0.717) is 154 Å². The Morgan fingerprint density at radius 2 is 0.955 bits per heavy atom. The highest BCUT2D eigenvalue weighted by atomic mass is 31.1. The van der Waals surface area contributed by atoms with Crippen LogP contribution in [0.1, 0.15) is 221 Å². The fraction of sp³-hybridized carbons (Fsp3) is 0.833. The molecule has 0 aromatic rings. The van der Waals surface area contributed by atoms with Crippen LogP contribution >= 0.6 is 8.25 Å². The molecule has 0 spiro atoms. The van der Waals surface area contributed by atoms with E-state index in [9.17, 15) is 88.9 Å². The summed E-state index contributed by atoms with van der Waals surface area (Å²) in [6.45, 7) is 8.26. The third-order valence-corrected chi connectivity index (χ3v) is 24.2. The van der Waals surface area contributed by atoms with Gasteiger partial charge in [-0.05, 0) is 121 Å². The average Bonchev–Trinajstić information content (AvgIpc) is 0.806. The lowest BCUT2D eigenvalue weighted by Crippen LogP contribution is -2.64. The van der Waals surface area contributed by atoms with Crippen LogP contribution in [-0.2, 0) is 104 Å². The molecule has 132 heavy (non-hydrogen) atoms. The number of hydrogen-bond donors (Lipinski definition) is 18. The van der Waals surface area contributed by atoms with Crippen molar-refractivity contribution in [2.75, 3.05) is 145 Å². The van der Waals surface area contributed by atoms with E-state index in [0.717, 1.165) is 69.1 Å². The number of aliphatic hydroxyl groups excluding tert-OH is 9. The van der Waals surface area contributed by atoms with Crippen LogP contribution in [0.25, 0.3) is 0 Å². The van der Waals surface area contributed by atoms with Gasteiger partial charge < -0.3 is 151 Å². The molecule has 0 bridgehead atoms. The average molecular weight is 1910 g/mol. The van der Waals surface area contributed by atoms with Crippen LogP contribution in [0.4, 0.5) is 0 Å². The quantitative estimate of drug-likeness (QED) is 0.0135. The number of nitrogens with one attached hydrogen (secondary N) is 8. The van der Waals surface area contributed by atoms with Crippen molar-refractivity contribution < 1.29 is 150 Å². The molecule has 5 rings (SSSR count). The number of nitrogens with two attached hydrogens (primary N) is 1. The van der Waals surface area contributed by atoms with E-state index < -0.39 is 149 Å². The maximum Gasteiger partial charge on any atom is 0.759 e. The zero-order chi connectivity index (χ0) is 96.4. The first kappa shape index (κ1) is 116. The summed E-state index contributed by atoms with van der Waals surface area (Å²) in [4.78, 5) is 105. The van der Waals surface area contributed by atoms with E-state index in [1.807, 2.05) is 19.9 Å². The van der Waals surface area contributed by atoms with E-state index in [2.05, 4.69) is 55.3 Å². The van der Waals surface area contributed by atoms with E-state index in [1.165, 1.54) is 20.8 Å². The molecule has 18 atom stereocenters. The van der Waals surface area contributed by atoms with Crippen molar-refractivity contribution in [3.05, 3.63) is 23.4 Å². The van der Waals surface area contributed by atoms with Gasteiger partial charge in [0.15, 0.2) is 25.0 Å². The predicted molar refractivity (Wildman–Crippen MR) is 481 cm³/mol. The number of likely N-dealkylation sites (tertiary alicyclic amines) is 1. The molecule has 4 saturated heterocycles. The molecular weight excluding hydrogens is 1750 g/mol. The minimum atomic E-state index is -2.25. The minimum absolute atomic E-state index is 0.0381. The summed E-state index contributed by atoms with van der Waals surface area (Å²) in [5.41, 5.74) is 7.63. The summed E-state index contributed by atoms with van der Waals surface area (Å²) in [5, 5.41) is 120. The standard InChI is InChI=1S/C90H155N10O31P/c1-6-7-47-127-132(118)128-48-25-27-65-26-24-28-68(67(31-30-65)61(2)91)69(92)29-16-8-12-20-43-119-53-54-120-52-37-76(110)100-41-32-66(33-42-100)86(117)99-90(58-121-49-34-73(107)93-38-17-9-13-21-44-124-87-77(96-62(3)104)83(114)80(111)70(55-101)129-87,59-122-50-35-74(108)94-39-18-10-14-22-45-125-88-78(97-63(4)105)84(115)81(112)71(56-102)130-88)60-123-51-36-75(109)95-40-19-11-15-23-46-126-89-79(98-64(5)106)85(116)82(113)72(57-103)131-89/h12,20,65-66,68,70-72,77-85,87-89,92,101-103,111-116H,6,8-11,13-19,21-46,48-60,91H2,1-5H3,(H6-,93,94,95,96,97,98,99,104,105,106,107,108,109,117)/p+1/b20-12+,67-61-,92-69?. The van der Waals surface area contributed by atoms with Crippen LogP contribution in [0, 0.1) is 35.2 Å². The van der Waals surface area contributed by atoms with E-state index in [4.69, 9.17) is 72.3 Å². The maximum absolute atomic E-state index is 14.7. The monoisotopic (exact) mass is 1900 g/mol. The number of unbranched alkanes of at least 4 members (excludes halogenated alkanes) is 10. The number of carbonyl (C=O) groups is 8.